The predicted octanol–water partition coefficient (Wildman–Crippen LogP) is 2.46. The van der Waals surface area contributed by atoms with Gasteiger partial charge in [-0.2, -0.15) is 0 Å². The van der Waals surface area contributed by atoms with Crippen molar-refractivity contribution in [1.82, 2.24) is 0 Å². The molecule has 5 fully saturated rings. The van der Waals surface area contributed by atoms with Gasteiger partial charge in [0, 0.05) is 17.9 Å². The molecule has 0 bridgehead atoms. The molecule has 4 saturated carbocycles. The zero-order valence-corrected chi connectivity index (χ0v) is 22.3. The zero-order chi connectivity index (χ0) is 26.3. The van der Waals surface area contributed by atoms with Gasteiger partial charge in [0.1, 0.15) is 12.7 Å². The van der Waals surface area contributed by atoms with Gasteiger partial charge in [-0.1, -0.05) is 13.8 Å². The Bertz CT molecular complexity index is 940. The summed E-state index contributed by atoms with van der Waals surface area (Å²) in [6.07, 6.45) is 5.37. The molecule has 0 aromatic rings. The lowest BCUT2D eigenvalue weighted by Gasteiger charge is -2.65. The Kier molecular flexibility index (Phi) is 6.37. The molecule has 0 radical (unpaired) electrons. The molecule has 0 aromatic heterocycles. The number of esters is 1. The third-order valence-corrected chi connectivity index (χ3v) is 12.0. The number of carbonyl (C=O) groups is 1. The number of carbonyl (C=O) groups excluding carboxylic acids is 1. The van der Waals surface area contributed by atoms with E-state index in [4.69, 9.17) is 14.2 Å². The minimum Gasteiger partial charge on any atom is -0.458 e. The monoisotopic (exact) mass is 520 g/mol. The van der Waals surface area contributed by atoms with Crippen LogP contribution in [-0.2, 0) is 19.0 Å². The minimum absolute atomic E-state index is 0.0149. The van der Waals surface area contributed by atoms with Crippen LogP contribution in [0.2, 0.25) is 0 Å². The number of hydrogen-bond donors (Lipinski definition) is 4. The molecule has 4 N–H and O–H groups in total. The van der Waals surface area contributed by atoms with Crippen LogP contribution in [0.5, 0.6) is 0 Å². The summed E-state index contributed by atoms with van der Waals surface area (Å²) in [5.41, 5.74) is -0.703. The predicted molar refractivity (Wildman–Crippen MR) is 133 cm³/mol. The summed E-state index contributed by atoms with van der Waals surface area (Å²) in [5, 5.41) is 44.2. The lowest BCUT2D eigenvalue weighted by molar-refractivity contribution is -0.274. The second-order valence-corrected chi connectivity index (χ2v) is 13.5. The lowest BCUT2D eigenvalue weighted by atomic mass is 9.42. The fourth-order valence-electron chi connectivity index (χ4n) is 9.80. The van der Waals surface area contributed by atoms with Crippen molar-refractivity contribution in [3.63, 3.8) is 0 Å². The molecule has 6 rings (SSSR count). The van der Waals surface area contributed by atoms with Crippen LogP contribution < -0.4 is 0 Å². The molecule has 1 saturated heterocycles. The number of ether oxygens (including phenoxy) is 3. The van der Waals surface area contributed by atoms with Crippen LogP contribution in [0.3, 0.4) is 0 Å². The van der Waals surface area contributed by atoms with Gasteiger partial charge < -0.3 is 34.6 Å². The molecule has 8 heteroatoms. The molecule has 0 amide bonds. The van der Waals surface area contributed by atoms with Gasteiger partial charge in [0.2, 0.25) is 0 Å². The first kappa shape index (κ1) is 26.2. The molecule has 4 unspecified atom stereocenters. The summed E-state index contributed by atoms with van der Waals surface area (Å²) in [7, 11) is 0. The zero-order valence-electron chi connectivity index (χ0n) is 22.3. The number of hydrogen-bond acceptors (Lipinski definition) is 8. The Morgan fingerprint density at radius 2 is 1.78 bits per heavy atom. The molecule has 208 valence electrons. The van der Waals surface area contributed by atoms with Crippen molar-refractivity contribution in [3.05, 3.63) is 11.6 Å². The first-order valence-corrected chi connectivity index (χ1v) is 14.4. The molecule has 2 heterocycles. The summed E-state index contributed by atoms with van der Waals surface area (Å²) < 4.78 is 17.4. The van der Waals surface area contributed by atoms with Crippen molar-refractivity contribution >= 4 is 5.97 Å². The summed E-state index contributed by atoms with van der Waals surface area (Å²) >= 11 is 0. The van der Waals surface area contributed by atoms with Crippen molar-refractivity contribution in [2.45, 2.75) is 121 Å². The van der Waals surface area contributed by atoms with Crippen molar-refractivity contribution < 1.29 is 39.4 Å². The van der Waals surface area contributed by atoms with Crippen LogP contribution in [0.1, 0.15) is 78.6 Å². The van der Waals surface area contributed by atoms with Gasteiger partial charge in [0.15, 0.2) is 6.29 Å². The lowest BCUT2D eigenvalue weighted by Crippen LogP contribution is -2.67. The van der Waals surface area contributed by atoms with Gasteiger partial charge in [-0.3, -0.25) is 0 Å². The molecule has 0 aromatic carbocycles. The van der Waals surface area contributed by atoms with Gasteiger partial charge in [0.25, 0.3) is 0 Å². The van der Waals surface area contributed by atoms with E-state index in [1.54, 1.807) is 13.0 Å². The highest BCUT2D eigenvalue weighted by atomic mass is 16.7. The maximum absolute atomic E-state index is 12.4. The molecule has 6 aliphatic rings. The van der Waals surface area contributed by atoms with Crippen LogP contribution >= 0.6 is 0 Å². The molecule has 37 heavy (non-hydrogen) atoms. The highest BCUT2D eigenvalue weighted by Crippen LogP contribution is 2.70. The fourth-order valence-corrected chi connectivity index (χ4v) is 9.80. The molecule has 13 atom stereocenters. The van der Waals surface area contributed by atoms with E-state index in [1.807, 2.05) is 6.92 Å². The van der Waals surface area contributed by atoms with E-state index < -0.39 is 41.7 Å². The van der Waals surface area contributed by atoms with Gasteiger partial charge in [0.05, 0.1) is 30.0 Å². The number of rotatable bonds is 3. The highest BCUT2D eigenvalue weighted by molar-refractivity contribution is 5.85. The fraction of sp³-hybridized carbons (Fsp3) is 0.897. The largest absolute Gasteiger partial charge is 0.458 e. The van der Waals surface area contributed by atoms with Crippen molar-refractivity contribution in [2.24, 2.45) is 34.5 Å². The first-order valence-electron chi connectivity index (χ1n) is 14.4. The maximum Gasteiger partial charge on any atom is 0.331 e. The Morgan fingerprint density at radius 1 is 1.00 bits per heavy atom. The van der Waals surface area contributed by atoms with Crippen molar-refractivity contribution in [2.75, 3.05) is 6.61 Å². The quantitative estimate of drug-likeness (QED) is 0.330. The van der Waals surface area contributed by atoms with E-state index in [0.717, 1.165) is 44.1 Å². The topological polar surface area (TPSA) is 126 Å². The Balaban J connectivity index is 1.18. The average Bonchev–Trinajstić information content (AvgIpc) is 3.39. The molecular weight excluding hydrogens is 476 g/mol. The molecule has 4 aliphatic carbocycles. The summed E-state index contributed by atoms with van der Waals surface area (Å²) in [4.78, 5) is 11.8. The van der Waals surface area contributed by atoms with E-state index in [0.29, 0.717) is 18.8 Å². The van der Waals surface area contributed by atoms with E-state index in [1.165, 1.54) is 0 Å². The molecule has 8 nitrogen and oxygen atoms in total. The maximum atomic E-state index is 12.4. The van der Waals surface area contributed by atoms with E-state index in [9.17, 15) is 25.2 Å². The van der Waals surface area contributed by atoms with E-state index in [-0.39, 0.29) is 48.3 Å². The first-order chi connectivity index (χ1) is 17.5. The molecular formula is C29H44O8. The third-order valence-electron chi connectivity index (χ3n) is 12.0. The second-order valence-electron chi connectivity index (χ2n) is 13.5. The SMILES string of the molecule is CC1OC(O[C@@H]2CC[C@]3(C)[C@@H](CC[C@H]4[C@H]3C[C@H](O)[C@@]3(C)[C@H](C5=CC(=O)OC5)CC[C@@]43O)C2)CC(O)C1O. The number of aliphatic hydroxyl groups is 4. The Morgan fingerprint density at radius 3 is 2.49 bits per heavy atom. The van der Waals surface area contributed by atoms with Crippen LogP contribution in [0, 0.1) is 34.5 Å². The average molecular weight is 521 g/mol. The van der Waals surface area contributed by atoms with E-state index in [2.05, 4.69) is 6.92 Å². The van der Waals surface area contributed by atoms with Crippen LogP contribution in [-0.4, -0.2) is 75.4 Å². The van der Waals surface area contributed by atoms with Gasteiger partial charge in [-0.25, -0.2) is 4.79 Å². The van der Waals surface area contributed by atoms with Gasteiger partial charge in [-0.15, -0.1) is 0 Å². The summed E-state index contributed by atoms with van der Waals surface area (Å²) in [6, 6.07) is 0. The van der Waals surface area contributed by atoms with Crippen molar-refractivity contribution in [3.8, 4) is 0 Å². The second kappa shape index (κ2) is 9.00. The van der Waals surface area contributed by atoms with Crippen LogP contribution in [0.4, 0.5) is 0 Å². The normalized spacial score (nSPS) is 55.6. The molecule has 2 aliphatic heterocycles. The van der Waals surface area contributed by atoms with Crippen LogP contribution in [0.25, 0.3) is 0 Å². The summed E-state index contributed by atoms with van der Waals surface area (Å²) in [5.74, 6) is 0.439. The smallest absolute Gasteiger partial charge is 0.331 e. The Hall–Kier alpha value is -1.03. The van der Waals surface area contributed by atoms with Crippen molar-refractivity contribution in [1.29, 1.82) is 0 Å². The number of aliphatic hydroxyl groups excluding tert-OH is 3. The number of fused-ring (bicyclic) bond motifs is 5. The number of cyclic esters (lactones) is 1. The Labute approximate surface area is 219 Å². The van der Waals surface area contributed by atoms with Gasteiger partial charge in [-0.05, 0) is 93.0 Å². The molecule has 0 spiro atoms. The highest BCUT2D eigenvalue weighted by Gasteiger charge is 2.70. The van der Waals surface area contributed by atoms with E-state index >= 15 is 0 Å². The standard InChI is InChI=1S/C29H44O8/c1-15-26(33)22(30)13-25(36-15)37-18-6-8-27(2)17(11-18)4-5-20-21(27)12-23(31)28(3)19(7-9-29(20,28)34)16-10-24(32)35-14-16/h10,15,17-23,25-26,30-31,33-34H,4-9,11-14H2,1-3H3/t15?,17-,18+,19-,20-,21+,22?,23-,25?,26?,27+,28+,29+/m0/s1. The third kappa shape index (κ3) is 3.80. The minimum atomic E-state index is -0.961. The van der Waals surface area contributed by atoms with Crippen LogP contribution in [0.15, 0.2) is 11.6 Å². The summed E-state index contributed by atoms with van der Waals surface area (Å²) in [6.45, 7) is 6.44. The van der Waals surface area contributed by atoms with Gasteiger partial charge >= 0.3 is 5.97 Å².